The summed E-state index contributed by atoms with van der Waals surface area (Å²) in [6, 6.07) is 10.2. The molecule has 2 N–H and O–H groups in total. The average molecular weight is 393 g/mol. The fourth-order valence-electron chi connectivity index (χ4n) is 2.54. The highest BCUT2D eigenvalue weighted by atomic mass is 79.9. The molecule has 0 amide bonds. The Morgan fingerprint density at radius 3 is 2.62 bits per heavy atom. The molecule has 0 aliphatic heterocycles. The van der Waals surface area contributed by atoms with E-state index in [2.05, 4.69) is 62.7 Å². The van der Waals surface area contributed by atoms with Crippen LogP contribution in [0, 0.1) is 0 Å². The molecule has 5 nitrogen and oxygen atoms in total. The molecule has 0 aliphatic carbocycles. The molecule has 2 aromatic rings. The van der Waals surface area contributed by atoms with Crippen LogP contribution in [0.5, 0.6) is 0 Å². The molecule has 1 heterocycles. The molecule has 0 saturated carbocycles. The normalized spacial score (nSPS) is 11.8. The Balaban J connectivity index is 1.85. The summed E-state index contributed by atoms with van der Waals surface area (Å²) in [4.78, 5) is 4.24. The van der Waals surface area contributed by atoms with Crippen molar-refractivity contribution in [1.82, 2.24) is 15.8 Å². The van der Waals surface area contributed by atoms with Gasteiger partial charge in [-0.2, -0.15) is 0 Å². The van der Waals surface area contributed by atoms with Crippen LogP contribution in [0.15, 0.2) is 44.3 Å². The first-order valence-electron chi connectivity index (χ1n) is 8.30. The van der Waals surface area contributed by atoms with Crippen molar-refractivity contribution in [3.8, 4) is 0 Å². The molecule has 0 atom stereocenters. The lowest BCUT2D eigenvalue weighted by Gasteiger charge is -2.11. The van der Waals surface area contributed by atoms with Crippen molar-refractivity contribution in [2.45, 2.75) is 45.7 Å². The van der Waals surface area contributed by atoms with Crippen molar-refractivity contribution in [3.63, 3.8) is 0 Å². The Labute approximate surface area is 152 Å². The number of nitrogens with one attached hydrogen (secondary N) is 2. The fourth-order valence-corrected chi connectivity index (χ4v) is 2.98. The van der Waals surface area contributed by atoms with E-state index >= 15 is 0 Å². The maximum absolute atomic E-state index is 5.42. The monoisotopic (exact) mass is 392 g/mol. The molecule has 2 rings (SSSR count). The van der Waals surface area contributed by atoms with Crippen molar-refractivity contribution in [2.75, 3.05) is 7.05 Å². The Morgan fingerprint density at radius 1 is 1.21 bits per heavy atom. The highest BCUT2D eigenvalue weighted by molar-refractivity contribution is 9.10. The second-order valence-electron chi connectivity index (χ2n) is 5.64. The van der Waals surface area contributed by atoms with Gasteiger partial charge in [-0.15, -0.1) is 0 Å². The van der Waals surface area contributed by atoms with Crippen LogP contribution in [0.25, 0.3) is 0 Å². The molecule has 1 aromatic heterocycles. The van der Waals surface area contributed by atoms with Gasteiger partial charge in [-0.1, -0.05) is 47.1 Å². The molecule has 6 heteroatoms. The summed E-state index contributed by atoms with van der Waals surface area (Å²) in [7, 11) is 1.76. The van der Waals surface area contributed by atoms with Gasteiger partial charge in [0.1, 0.15) is 0 Å². The highest BCUT2D eigenvalue weighted by Gasteiger charge is 2.13. The number of hydrogen-bond donors (Lipinski definition) is 2. The summed E-state index contributed by atoms with van der Waals surface area (Å²) in [6.07, 6.45) is 2.15. The van der Waals surface area contributed by atoms with Gasteiger partial charge in [0, 0.05) is 30.0 Å². The molecule has 0 aliphatic rings. The number of aromatic nitrogens is 1. The third-order valence-electron chi connectivity index (χ3n) is 3.98. The minimum absolute atomic E-state index is 0.469. The minimum atomic E-state index is 0.469. The number of halogens is 1. The van der Waals surface area contributed by atoms with Crippen LogP contribution in [0.3, 0.4) is 0 Å². The second-order valence-corrected chi connectivity index (χ2v) is 6.56. The van der Waals surface area contributed by atoms with Crippen molar-refractivity contribution in [3.05, 3.63) is 51.8 Å². The number of rotatable bonds is 7. The molecular weight excluding hydrogens is 368 g/mol. The SMILES string of the molecule is CCC(CC)c1cc(CNC(=NC)NCc2cccc(Br)c2)on1. The molecule has 130 valence electrons. The van der Waals surface area contributed by atoms with E-state index in [1.54, 1.807) is 7.05 Å². The van der Waals surface area contributed by atoms with Gasteiger partial charge >= 0.3 is 0 Å². The van der Waals surface area contributed by atoms with E-state index in [0.29, 0.717) is 19.0 Å². The van der Waals surface area contributed by atoms with Crippen LogP contribution >= 0.6 is 15.9 Å². The summed E-state index contributed by atoms with van der Waals surface area (Å²) in [5.41, 5.74) is 2.22. The average Bonchev–Trinajstić information content (AvgIpc) is 3.05. The first-order chi connectivity index (χ1) is 11.7. The maximum Gasteiger partial charge on any atom is 0.191 e. The lowest BCUT2D eigenvalue weighted by Crippen LogP contribution is -2.36. The summed E-state index contributed by atoms with van der Waals surface area (Å²) >= 11 is 3.48. The van der Waals surface area contributed by atoms with Crippen molar-refractivity contribution in [1.29, 1.82) is 0 Å². The Morgan fingerprint density at radius 2 is 1.96 bits per heavy atom. The Bertz CT molecular complexity index is 665. The largest absolute Gasteiger partial charge is 0.359 e. The molecule has 0 saturated heterocycles. The van der Waals surface area contributed by atoms with Crippen LogP contribution in [0.2, 0.25) is 0 Å². The minimum Gasteiger partial charge on any atom is -0.359 e. The molecule has 24 heavy (non-hydrogen) atoms. The van der Waals surface area contributed by atoms with Gasteiger partial charge in [-0.25, -0.2) is 0 Å². The molecule has 0 spiro atoms. The molecule has 1 aromatic carbocycles. The topological polar surface area (TPSA) is 62.5 Å². The van der Waals surface area contributed by atoms with E-state index in [4.69, 9.17) is 4.52 Å². The van der Waals surface area contributed by atoms with E-state index in [9.17, 15) is 0 Å². The summed E-state index contributed by atoms with van der Waals surface area (Å²) in [5, 5.41) is 10.7. The standard InChI is InChI=1S/C18H25BrN4O/c1-4-14(5-2)17-10-16(24-23-17)12-22-18(20-3)21-11-13-7-6-8-15(19)9-13/h6-10,14H,4-5,11-12H2,1-3H3,(H2,20,21,22). The zero-order chi connectivity index (χ0) is 17.4. The Kier molecular flexibility index (Phi) is 7.31. The molecular formula is C18H25BrN4O. The van der Waals surface area contributed by atoms with Gasteiger partial charge in [-0.3, -0.25) is 4.99 Å². The van der Waals surface area contributed by atoms with Crippen LogP contribution in [-0.2, 0) is 13.1 Å². The van der Waals surface area contributed by atoms with E-state index in [-0.39, 0.29) is 0 Å². The Hall–Kier alpha value is -1.82. The number of hydrogen-bond acceptors (Lipinski definition) is 3. The number of benzene rings is 1. The number of nitrogens with zero attached hydrogens (tertiary/aromatic N) is 2. The number of guanidine groups is 1. The van der Waals surface area contributed by atoms with Gasteiger partial charge in [-0.05, 0) is 30.5 Å². The summed E-state index contributed by atoms with van der Waals surface area (Å²) in [5.74, 6) is 2.02. The van der Waals surface area contributed by atoms with Crippen LogP contribution in [-0.4, -0.2) is 18.2 Å². The first kappa shape index (κ1) is 18.5. The second kappa shape index (κ2) is 9.47. The van der Waals surface area contributed by atoms with Gasteiger partial charge in [0.15, 0.2) is 11.7 Å². The predicted molar refractivity (Wildman–Crippen MR) is 101 cm³/mol. The predicted octanol–water partition coefficient (Wildman–Crippen LogP) is 4.21. The fraction of sp³-hybridized carbons (Fsp3) is 0.444. The van der Waals surface area contributed by atoms with Gasteiger partial charge in [0.2, 0.25) is 0 Å². The zero-order valence-electron chi connectivity index (χ0n) is 14.5. The zero-order valence-corrected chi connectivity index (χ0v) is 16.1. The number of aliphatic imine (C=N–C) groups is 1. The molecule has 0 radical (unpaired) electrons. The van der Waals surface area contributed by atoms with Crippen LogP contribution in [0.4, 0.5) is 0 Å². The lowest BCUT2D eigenvalue weighted by molar-refractivity contribution is 0.368. The molecule has 0 bridgehead atoms. The van der Waals surface area contributed by atoms with E-state index < -0.39 is 0 Å². The quantitative estimate of drug-likeness (QED) is 0.547. The van der Waals surface area contributed by atoms with Gasteiger partial charge in [0.05, 0.1) is 12.2 Å². The van der Waals surface area contributed by atoms with Gasteiger partial charge < -0.3 is 15.2 Å². The molecule has 0 unspecified atom stereocenters. The van der Waals surface area contributed by atoms with E-state index in [1.165, 1.54) is 5.56 Å². The maximum atomic E-state index is 5.42. The van der Waals surface area contributed by atoms with Crippen molar-refractivity contribution in [2.24, 2.45) is 4.99 Å². The lowest BCUT2D eigenvalue weighted by atomic mass is 9.99. The van der Waals surface area contributed by atoms with E-state index in [0.717, 1.165) is 34.7 Å². The first-order valence-corrected chi connectivity index (χ1v) is 9.10. The van der Waals surface area contributed by atoms with E-state index in [1.807, 2.05) is 18.2 Å². The molecule has 0 fully saturated rings. The summed E-state index contributed by atoms with van der Waals surface area (Å²) < 4.78 is 6.49. The van der Waals surface area contributed by atoms with Crippen LogP contribution < -0.4 is 10.6 Å². The van der Waals surface area contributed by atoms with Crippen molar-refractivity contribution >= 4 is 21.9 Å². The summed E-state index contributed by atoms with van der Waals surface area (Å²) in [6.45, 7) is 5.61. The van der Waals surface area contributed by atoms with Crippen LogP contribution in [0.1, 0.15) is 49.6 Å². The third kappa shape index (κ3) is 5.37. The smallest absolute Gasteiger partial charge is 0.191 e. The van der Waals surface area contributed by atoms with Gasteiger partial charge in [0.25, 0.3) is 0 Å². The highest BCUT2D eigenvalue weighted by Crippen LogP contribution is 2.22. The third-order valence-corrected chi connectivity index (χ3v) is 4.48. The van der Waals surface area contributed by atoms with Crippen molar-refractivity contribution < 1.29 is 4.52 Å².